The van der Waals surface area contributed by atoms with Crippen LogP contribution in [0.4, 0.5) is 0 Å². The molecule has 1 aromatic heterocycles. The maximum absolute atomic E-state index is 5.46. The van der Waals surface area contributed by atoms with Gasteiger partial charge in [-0.05, 0) is 25.6 Å². The van der Waals surface area contributed by atoms with Gasteiger partial charge in [-0.2, -0.15) is 0 Å². The van der Waals surface area contributed by atoms with Crippen LogP contribution in [-0.4, -0.2) is 18.6 Å². The average molecular weight is 204 g/mol. The first-order valence-corrected chi connectivity index (χ1v) is 5.02. The van der Waals surface area contributed by atoms with E-state index in [1.165, 1.54) is 0 Å². The Balaban J connectivity index is 2.33. The Morgan fingerprint density at radius 1 is 1.53 bits per heavy atom. The van der Waals surface area contributed by atoms with E-state index in [0.29, 0.717) is 6.61 Å². The third-order valence-corrected chi connectivity index (χ3v) is 1.89. The molecule has 0 saturated heterocycles. The van der Waals surface area contributed by atoms with Crippen LogP contribution in [0.2, 0.25) is 0 Å². The van der Waals surface area contributed by atoms with Crippen LogP contribution in [-0.2, 0) is 6.54 Å². The van der Waals surface area contributed by atoms with Crippen molar-refractivity contribution in [3.8, 4) is 18.1 Å². The second kappa shape index (κ2) is 6.86. The highest BCUT2D eigenvalue weighted by atomic mass is 16.5. The van der Waals surface area contributed by atoms with Gasteiger partial charge >= 0.3 is 0 Å². The SMILES string of the molecule is C#CCCCOc1ccc(CNC)nc1. The Kier molecular flexibility index (Phi) is 5.28. The summed E-state index contributed by atoms with van der Waals surface area (Å²) >= 11 is 0. The summed E-state index contributed by atoms with van der Waals surface area (Å²) in [7, 11) is 1.89. The average Bonchev–Trinajstić information content (AvgIpc) is 2.27. The van der Waals surface area contributed by atoms with Crippen molar-refractivity contribution in [3.05, 3.63) is 24.0 Å². The largest absolute Gasteiger partial charge is 0.492 e. The zero-order chi connectivity index (χ0) is 10.9. The van der Waals surface area contributed by atoms with E-state index in [4.69, 9.17) is 11.2 Å². The summed E-state index contributed by atoms with van der Waals surface area (Å²) in [6, 6.07) is 3.88. The molecule has 1 heterocycles. The van der Waals surface area contributed by atoms with E-state index < -0.39 is 0 Å². The molecule has 80 valence electrons. The number of hydrogen-bond donors (Lipinski definition) is 1. The molecular formula is C12H16N2O. The van der Waals surface area contributed by atoms with Crippen LogP contribution in [0.15, 0.2) is 18.3 Å². The first-order valence-electron chi connectivity index (χ1n) is 5.02. The standard InChI is InChI=1S/C12H16N2O/c1-3-4-5-8-15-12-7-6-11(9-13-2)14-10-12/h1,6-7,10,13H,4-5,8-9H2,2H3. The van der Waals surface area contributed by atoms with Gasteiger partial charge in [0.05, 0.1) is 18.5 Å². The first-order chi connectivity index (χ1) is 7.36. The number of terminal acetylenes is 1. The van der Waals surface area contributed by atoms with Crippen molar-refractivity contribution in [2.45, 2.75) is 19.4 Å². The van der Waals surface area contributed by atoms with Crippen LogP contribution >= 0.6 is 0 Å². The van der Waals surface area contributed by atoms with Crippen molar-refractivity contribution in [3.63, 3.8) is 0 Å². The first kappa shape index (κ1) is 11.5. The van der Waals surface area contributed by atoms with E-state index in [9.17, 15) is 0 Å². The third kappa shape index (κ3) is 4.48. The summed E-state index contributed by atoms with van der Waals surface area (Å²) in [6.45, 7) is 1.43. The number of rotatable bonds is 6. The number of hydrogen-bond acceptors (Lipinski definition) is 3. The normalized spacial score (nSPS) is 9.60. The van der Waals surface area contributed by atoms with Gasteiger partial charge in [-0.15, -0.1) is 12.3 Å². The summed E-state index contributed by atoms with van der Waals surface area (Å²) in [5.74, 6) is 3.37. The quantitative estimate of drug-likeness (QED) is 0.564. The van der Waals surface area contributed by atoms with Crippen LogP contribution in [0.25, 0.3) is 0 Å². The molecule has 0 radical (unpaired) electrons. The highest BCUT2D eigenvalue weighted by Crippen LogP contribution is 2.09. The second-order valence-corrected chi connectivity index (χ2v) is 3.17. The number of nitrogens with zero attached hydrogens (tertiary/aromatic N) is 1. The van der Waals surface area contributed by atoms with Crippen molar-refractivity contribution in [1.29, 1.82) is 0 Å². The molecule has 1 N–H and O–H groups in total. The summed E-state index contributed by atoms with van der Waals surface area (Å²) in [6.07, 6.45) is 8.51. The Hall–Kier alpha value is -1.53. The van der Waals surface area contributed by atoms with Gasteiger partial charge in [0.15, 0.2) is 0 Å². The molecule has 0 aromatic carbocycles. The molecule has 0 fully saturated rings. The molecule has 0 bridgehead atoms. The highest BCUT2D eigenvalue weighted by molar-refractivity contribution is 5.19. The molecule has 0 saturated carbocycles. The van der Waals surface area contributed by atoms with E-state index >= 15 is 0 Å². The van der Waals surface area contributed by atoms with Crippen LogP contribution < -0.4 is 10.1 Å². The maximum atomic E-state index is 5.46. The number of nitrogens with one attached hydrogen (secondary N) is 1. The summed E-state index contributed by atoms with van der Waals surface area (Å²) < 4.78 is 5.46. The van der Waals surface area contributed by atoms with Gasteiger partial charge in [0, 0.05) is 13.0 Å². The number of unbranched alkanes of at least 4 members (excludes halogenated alkanes) is 1. The Bertz CT molecular complexity index is 313. The van der Waals surface area contributed by atoms with E-state index in [2.05, 4.69) is 16.2 Å². The molecular weight excluding hydrogens is 188 g/mol. The molecule has 0 spiro atoms. The minimum Gasteiger partial charge on any atom is -0.492 e. The van der Waals surface area contributed by atoms with Crippen molar-refractivity contribution in [2.24, 2.45) is 0 Å². The second-order valence-electron chi connectivity index (χ2n) is 3.17. The summed E-state index contributed by atoms with van der Waals surface area (Å²) in [4.78, 5) is 4.24. The topological polar surface area (TPSA) is 34.1 Å². The van der Waals surface area contributed by atoms with E-state index in [1.54, 1.807) is 6.20 Å². The van der Waals surface area contributed by atoms with Gasteiger partial charge in [0.1, 0.15) is 5.75 Å². The van der Waals surface area contributed by atoms with Gasteiger partial charge in [0.2, 0.25) is 0 Å². The zero-order valence-corrected chi connectivity index (χ0v) is 8.99. The Morgan fingerprint density at radius 3 is 3.00 bits per heavy atom. The molecule has 0 atom stereocenters. The molecule has 1 aromatic rings. The summed E-state index contributed by atoms with van der Waals surface area (Å²) in [5.41, 5.74) is 1.01. The van der Waals surface area contributed by atoms with E-state index in [-0.39, 0.29) is 0 Å². The van der Waals surface area contributed by atoms with E-state index in [0.717, 1.165) is 30.8 Å². The fourth-order valence-electron chi connectivity index (χ4n) is 1.15. The smallest absolute Gasteiger partial charge is 0.137 e. The van der Waals surface area contributed by atoms with Crippen LogP contribution in [0, 0.1) is 12.3 Å². The van der Waals surface area contributed by atoms with E-state index in [1.807, 2.05) is 19.2 Å². The number of pyridine rings is 1. The molecule has 0 aliphatic carbocycles. The van der Waals surface area contributed by atoms with Gasteiger partial charge in [-0.25, -0.2) is 0 Å². The summed E-state index contributed by atoms with van der Waals surface area (Å²) in [5, 5.41) is 3.04. The maximum Gasteiger partial charge on any atom is 0.137 e. The van der Waals surface area contributed by atoms with Gasteiger partial charge in [0.25, 0.3) is 0 Å². The van der Waals surface area contributed by atoms with Crippen molar-refractivity contribution >= 4 is 0 Å². The predicted molar refractivity (Wildman–Crippen MR) is 60.6 cm³/mol. The lowest BCUT2D eigenvalue weighted by atomic mass is 10.3. The Labute approximate surface area is 90.9 Å². The lowest BCUT2D eigenvalue weighted by molar-refractivity contribution is 0.311. The molecule has 1 rings (SSSR count). The molecule has 0 aliphatic rings. The van der Waals surface area contributed by atoms with Gasteiger partial charge < -0.3 is 10.1 Å². The van der Waals surface area contributed by atoms with Crippen molar-refractivity contribution in [2.75, 3.05) is 13.7 Å². The van der Waals surface area contributed by atoms with Gasteiger partial charge in [-0.3, -0.25) is 4.98 Å². The molecule has 0 aliphatic heterocycles. The lowest BCUT2D eigenvalue weighted by Crippen LogP contribution is -2.06. The molecule has 0 unspecified atom stereocenters. The minimum atomic E-state index is 0.650. The monoisotopic (exact) mass is 204 g/mol. The number of ether oxygens (including phenoxy) is 1. The highest BCUT2D eigenvalue weighted by Gasteiger charge is 1.95. The fourth-order valence-corrected chi connectivity index (χ4v) is 1.15. The molecule has 0 amide bonds. The minimum absolute atomic E-state index is 0.650. The van der Waals surface area contributed by atoms with Crippen LogP contribution in [0.1, 0.15) is 18.5 Å². The van der Waals surface area contributed by atoms with Crippen molar-refractivity contribution in [1.82, 2.24) is 10.3 Å². The lowest BCUT2D eigenvalue weighted by Gasteiger charge is -2.05. The third-order valence-electron chi connectivity index (χ3n) is 1.89. The zero-order valence-electron chi connectivity index (χ0n) is 8.99. The van der Waals surface area contributed by atoms with Crippen LogP contribution in [0.3, 0.4) is 0 Å². The molecule has 15 heavy (non-hydrogen) atoms. The van der Waals surface area contributed by atoms with Gasteiger partial charge in [-0.1, -0.05) is 0 Å². The Morgan fingerprint density at radius 2 is 2.40 bits per heavy atom. The van der Waals surface area contributed by atoms with Crippen molar-refractivity contribution < 1.29 is 4.74 Å². The predicted octanol–water partition coefficient (Wildman–Crippen LogP) is 1.59. The van der Waals surface area contributed by atoms with Crippen LogP contribution in [0.5, 0.6) is 5.75 Å². The molecule has 3 nitrogen and oxygen atoms in total. The number of aromatic nitrogens is 1. The fraction of sp³-hybridized carbons (Fsp3) is 0.417. The molecule has 3 heteroatoms.